The van der Waals surface area contributed by atoms with Gasteiger partial charge in [0.15, 0.2) is 5.78 Å². The molecule has 0 amide bonds. The summed E-state index contributed by atoms with van der Waals surface area (Å²) >= 11 is 0. The number of hydrogen-bond donors (Lipinski definition) is 1. The van der Waals surface area contributed by atoms with Gasteiger partial charge in [-0.25, -0.2) is 4.98 Å². The van der Waals surface area contributed by atoms with Crippen LogP contribution in [0.4, 0.5) is 5.95 Å². The Kier molecular flexibility index (Phi) is 3.99. The number of imidazole rings is 1. The van der Waals surface area contributed by atoms with Crippen LogP contribution < -0.4 is 10.1 Å². The summed E-state index contributed by atoms with van der Waals surface area (Å²) in [5.74, 6) is 1.57. The number of carbonyl (C=O) groups excluding carboxylic acids is 1. The number of ketones is 1. The predicted molar refractivity (Wildman–Crippen MR) is 102 cm³/mol. The Labute approximate surface area is 152 Å². The van der Waals surface area contributed by atoms with E-state index in [0.717, 1.165) is 39.6 Å². The largest absolute Gasteiger partial charge is 0.494 e. The van der Waals surface area contributed by atoms with Gasteiger partial charge in [-0.05, 0) is 39.0 Å². The normalized spacial score (nSPS) is 16.3. The molecule has 0 bridgehead atoms. The van der Waals surface area contributed by atoms with E-state index < -0.39 is 0 Å². The minimum atomic E-state index is -0.279. The summed E-state index contributed by atoms with van der Waals surface area (Å²) < 4.78 is 7.96. The Morgan fingerprint density at radius 3 is 2.69 bits per heavy atom. The van der Waals surface area contributed by atoms with E-state index in [0.29, 0.717) is 6.61 Å². The second-order valence-corrected chi connectivity index (χ2v) is 6.39. The van der Waals surface area contributed by atoms with E-state index in [4.69, 9.17) is 9.72 Å². The summed E-state index contributed by atoms with van der Waals surface area (Å²) in [7, 11) is 0. The molecule has 0 spiro atoms. The third-order valence-electron chi connectivity index (χ3n) is 4.72. The van der Waals surface area contributed by atoms with Crippen LogP contribution in [0.25, 0.3) is 11.0 Å². The van der Waals surface area contributed by atoms with Gasteiger partial charge in [0.05, 0.1) is 23.7 Å². The molecule has 0 aliphatic carbocycles. The first kappa shape index (κ1) is 16.4. The highest BCUT2D eigenvalue weighted by atomic mass is 16.5. The molecule has 1 N–H and O–H groups in total. The molecule has 2 aromatic carbocycles. The summed E-state index contributed by atoms with van der Waals surface area (Å²) in [5, 5.41) is 3.30. The van der Waals surface area contributed by atoms with Gasteiger partial charge in [0.25, 0.3) is 0 Å². The zero-order valence-electron chi connectivity index (χ0n) is 15.1. The lowest BCUT2D eigenvalue weighted by atomic mass is 9.92. The standard InChI is InChI=1S/C21H21N3O2/c1-4-26-18-12-8-5-9-15(18)20-19(14(3)25)13(2)22-21-23-16-10-6-7-11-17(16)24(20)21/h5-12,20H,4H2,1-3H3,(H,22,23). The number of nitrogens with zero attached hydrogens (tertiary/aromatic N) is 2. The summed E-state index contributed by atoms with van der Waals surface area (Å²) in [4.78, 5) is 17.3. The van der Waals surface area contributed by atoms with E-state index in [9.17, 15) is 4.79 Å². The van der Waals surface area contributed by atoms with Crippen LogP contribution in [0, 0.1) is 0 Å². The molecule has 2 heterocycles. The number of fused-ring (bicyclic) bond motifs is 3. The van der Waals surface area contributed by atoms with Crippen LogP contribution in [0.1, 0.15) is 32.4 Å². The van der Waals surface area contributed by atoms with Crippen LogP contribution >= 0.6 is 0 Å². The molecule has 1 atom stereocenters. The molecule has 0 saturated heterocycles. The highest BCUT2D eigenvalue weighted by Crippen LogP contribution is 2.42. The van der Waals surface area contributed by atoms with Crippen LogP contribution in [0.5, 0.6) is 5.75 Å². The molecule has 0 radical (unpaired) electrons. The van der Waals surface area contributed by atoms with Gasteiger partial charge in [0.2, 0.25) is 5.95 Å². The van der Waals surface area contributed by atoms with Crippen LogP contribution in [0.2, 0.25) is 0 Å². The number of Topliss-reactive ketones (excluding diaryl/α,β-unsaturated/α-hetero) is 1. The van der Waals surface area contributed by atoms with Crippen LogP contribution in [0.15, 0.2) is 59.8 Å². The van der Waals surface area contributed by atoms with E-state index in [1.165, 1.54) is 0 Å². The molecule has 0 saturated carbocycles. The summed E-state index contributed by atoms with van der Waals surface area (Å²) in [6.07, 6.45) is 0. The fourth-order valence-corrected chi connectivity index (χ4v) is 3.71. The minimum Gasteiger partial charge on any atom is -0.494 e. The van der Waals surface area contributed by atoms with Crippen molar-refractivity contribution >= 4 is 22.8 Å². The number of aromatic nitrogens is 2. The molecule has 26 heavy (non-hydrogen) atoms. The third-order valence-corrected chi connectivity index (χ3v) is 4.72. The lowest BCUT2D eigenvalue weighted by molar-refractivity contribution is -0.114. The van der Waals surface area contributed by atoms with Crippen molar-refractivity contribution < 1.29 is 9.53 Å². The number of benzene rings is 2. The zero-order chi connectivity index (χ0) is 18.3. The van der Waals surface area contributed by atoms with E-state index in [-0.39, 0.29) is 11.8 Å². The van der Waals surface area contributed by atoms with Gasteiger partial charge >= 0.3 is 0 Å². The number of allylic oxidation sites excluding steroid dienone is 2. The number of para-hydroxylation sites is 3. The zero-order valence-corrected chi connectivity index (χ0v) is 15.1. The summed E-state index contributed by atoms with van der Waals surface area (Å²) in [6.45, 7) is 6.07. The highest BCUT2D eigenvalue weighted by molar-refractivity contribution is 5.97. The van der Waals surface area contributed by atoms with Crippen LogP contribution in [-0.2, 0) is 4.79 Å². The molecule has 1 aromatic heterocycles. The molecule has 1 aliphatic heterocycles. The van der Waals surface area contributed by atoms with Gasteiger partial charge < -0.3 is 10.1 Å². The fourth-order valence-electron chi connectivity index (χ4n) is 3.71. The quantitative estimate of drug-likeness (QED) is 0.764. The second-order valence-electron chi connectivity index (χ2n) is 6.39. The number of carbonyl (C=O) groups is 1. The van der Waals surface area contributed by atoms with E-state index >= 15 is 0 Å². The monoisotopic (exact) mass is 347 g/mol. The Balaban J connectivity index is 2.03. The maximum atomic E-state index is 12.6. The minimum absolute atomic E-state index is 0.0368. The van der Waals surface area contributed by atoms with Gasteiger partial charge in [0, 0.05) is 16.8 Å². The Morgan fingerprint density at radius 1 is 1.19 bits per heavy atom. The number of hydrogen-bond acceptors (Lipinski definition) is 4. The van der Waals surface area contributed by atoms with Gasteiger partial charge in [0.1, 0.15) is 5.75 Å². The number of rotatable bonds is 4. The van der Waals surface area contributed by atoms with Crippen molar-refractivity contribution in [2.45, 2.75) is 26.8 Å². The van der Waals surface area contributed by atoms with Crippen molar-refractivity contribution in [3.05, 3.63) is 65.4 Å². The molecule has 3 aromatic rings. The number of anilines is 1. The molecule has 132 valence electrons. The third kappa shape index (κ3) is 2.47. The Hall–Kier alpha value is -3.08. The van der Waals surface area contributed by atoms with Crippen molar-refractivity contribution in [1.82, 2.24) is 9.55 Å². The molecular formula is C21H21N3O2. The maximum absolute atomic E-state index is 12.6. The number of ether oxygens (including phenoxy) is 1. The van der Waals surface area contributed by atoms with Crippen LogP contribution in [-0.4, -0.2) is 21.9 Å². The van der Waals surface area contributed by atoms with Gasteiger partial charge in [-0.2, -0.15) is 0 Å². The Bertz CT molecular complexity index is 1030. The first-order valence-electron chi connectivity index (χ1n) is 8.79. The van der Waals surface area contributed by atoms with Gasteiger partial charge in [-0.15, -0.1) is 0 Å². The molecule has 1 aliphatic rings. The van der Waals surface area contributed by atoms with Crippen LogP contribution in [0.3, 0.4) is 0 Å². The van der Waals surface area contributed by atoms with Crippen molar-refractivity contribution in [1.29, 1.82) is 0 Å². The SMILES string of the molecule is CCOc1ccccc1C1C(C(C)=O)=C(C)Nc2nc3ccccc3n21. The van der Waals surface area contributed by atoms with E-state index in [2.05, 4.69) is 9.88 Å². The summed E-state index contributed by atoms with van der Waals surface area (Å²) in [6, 6.07) is 15.6. The van der Waals surface area contributed by atoms with E-state index in [1.807, 2.05) is 62.4 Å². The van der Waals surface area contributed by atoms with Crippen molar-refractivity contribution in [2.75, 3.05) is 11.9 Å². The topological polar surface area (TPSA) is 56.1 Å². The fraction of sp³-hybridized carbons (Fsp3) is 0.238. The smallest absolute Gasteiger partial charge is 0.209 e. The lowest BCUT2D eigenvalue weighted by Gasteiger charge is -2.31. The summed E-state index contributed by atoms with van der Waals surface area (Å²) in [5.41, 5.74) is 4.40. The van der Waals surface area contributed by atoms with Crippen molar-refractivity contribution in [3.63, 3.8) is 0 Å². The highest BCUT2D eigenvalue weighted by Gasteiger charge is 2.33. The predicted octanol–water partition coefficient (Wildman–Crippen LogP) is 4.31. The van der Waals surface area contributed by atoms with Crippen molar-refractivity contribution in [2.24, 2.45) is 0 Å². The Morgan fingerprint density at radius 2 is 1.92 bits per heavy atom. The van der Waals surface area contributed by atoms with E-state index in [1.54, 1.807) is 6.92 Å². The average molecular weight is 347 g/mol. The van der Waals surface area contributed by atoms with Crippen molar-refractivity contribution in [3.8, 4) is 5.75 Å². The molecular weight excluding hydrogens is 326 g/mol. The average Bonchev–Trinajstić information content (AvgIpc) is 2.99. The molecule has 5 heteroatoms. The molecule has 1 unspecified atom stereocenters. The molecule has 5 nitrogen and oxygen atoms in total. The number of nitrogens with one attached hydrogen (secondary N) is 1. The first-order valence-corrected chi connectivity index (χ1v) is 8.79. The second kappa shape index (κ2) is 6.33. The molecule has 4 rings (SSSR count). The van der Waals surface area contributed by atoms with Gasteiger partial charge in [-0.3, -0.25) is 9.36 Å². The lowest BCUT2D eigenvalue weighted by Crippen LogP contribution is -2.27. The molecule has 0 fully saturated rings. The van der Waals surface area contributed by atoms with Gasteiger partial charge in [-0.1, -0.05) is 30.3 Å². The maximum Gasteiger partial charge on any atom is 0.209 e. The first-order chi connectivity index (χ1) is 12.6.